The third-order valence-corrected chi connectivity index (χ3v) is 3.00. The number of carbonyl (C=O) groups is 1. The van der Waals surface area contributed by atoms with Crippen molar-refractivity contribution in [2.45, 2.75) is 31.3 Å². The summed E-state index contributed by atoms with van der Waals surface area (Å²) < 4.78 is 0. The van der Waals surface area contributed by atoms with E-state index in [-0.39, 0.29) is 11.8 Å². The van der Waals surface area contributed by atoms with E-state index in [2.05, 4.69) is 16.6 Å². The first kappa shape index (κ1) is 8.58. The largest absolute Gasteiger partial charge is 0.345 e. The minimum Gasteiger partial charge on any atom is -0.345 e. The van der Waals surface area contributed by atoms with Crippen LogP contribution in [0.15, 0.2) is 0 Å². The van der Waals surface area contributed by atoms with Crippen LogP contribution in [0.1, 0.15) is 19.3 Å². The van der Waals surface area contributed by atoms with E-state index in [4.69, 9.17) is 6.42 Å². The molecule has 2 aliphatic heterocycles. The van der Waals surface area contributed by atoms with Gasteiger partial charge in [0.15, 0.2) is 0 Å². The zero-order valence-corrected chi connectivity index (χ0v) is 7.55. The van der Waals surface area contributed by atoms with Gasteiger partial charge in [0.25, 0.3) is 0 Å². The Hall–Kier alpha value is -1.01. The Labute approximate surface area is 78.3 Å². The molecule has 2 heterocycles. The fraction of sp³-hybridized carbons (Fsp3) is 0.700. The summed E-state index contributed by atoms with van der Waals surface area (Å²) >= 11 is 0. The lowest BCUT2D eigenvalue weighted by Crippen LogP contribution is -2.37. The third kappa shape index (κ3) is 1.54. The van der Waals surface area contributed by atoms with Gasteiger partial charge in [0.2, 0.25) is 5.91 Å². The zero-order chi connectivity index (χ0) is 9.26. The molecule has 0 aromatic heterocycles. The van der Waals surface area contributed by atoms with Crippen molar-refractivity contribution < 1.29 is 4.79 Å². The number of rotatable bonds is 2. The summed E-state index contributed by atoms with van der Waals surface area (Å²) in [7, 11) is 0. The predicted octanol–water partition coefficient (Wildman–Crippen LogP) is -0.124. The third-order valence-electron chi connectivity index (χ3n) is 3.00. The molecule has 2 rings (SSSR count). The van der Waals surface area contributed by atoms with E-state index in [9.17, 15) is 4.79 Å². The lowest BCUT2D eigenvalue weighted by atomic mass is 9.88. The molecule has 13 heavy (non-hydrogen) atoms. The number of fused-ring (bicyclic) bond motifs is 2. The van der Waals surface area contributed by atoms with Gasteiger partial charge in [-0.05, 0) is 19.3 Å². The highest BCUT2D eigenvalue weighted by Gasteiger charge is 2.42. The maximum atomic E-state index is 11.5. The fourth-order valence-corrected chi connectivity index (χ4v) is 2.38. The summed E-state index contributed by atoms with van der Waals surface area (Å²) in [5.74, 6) is 2.70. The van der Waals surface area contributed by atoms with Gasteiger partial charge in [0, 0.05) is 12.1 Å². The Balaban J connectivity index is 1.88. The molecule has 3 heteroatoms. The summed E-state index contributed by atoms with van der Waals surface area (Å²) in [4.78, 5) is 11.5. The maximum Gasteiger partial charge on any atom is 0.225 e. The topological polar surface area (TPSA) is 41.1 Å². The van der Waals surface area contributed by atoms with Crippen molar-refractivity contribution in [3.8, 4) is 12.3 Å². The van der Waals surface area contributed by atoms with Crippen molar-refractivity contribution in [1.82, 2.24) is 10.6 Å². The lowest BCUT2D eigenvalue weighted by molar-refractivity contribution is -0.125. The molecule has 2 saturated heterocycles. The average Bonchev–Trinajstić information content (AvgIpc) is 2.74. The average molecular weight is 178 g/mol. The Morgan fingerprint density at radius 1 is 1.62 bits per heavy atom. The SMILES string of the molecule is C#CCNC(=O)C1CC2CCC1N2. The van der Waals surface area contributed by atoms with Crippen LogP contribution in [0.25, 0.3) is 0 Å². The molecule has 1 amide bonds. The molecule has 0 aliphatic carbocycles. The summed E-state index contributed by atoms with van der Waals surface area (Å²) in [6.07, 6.45) is 8.42. The quantitative estimate of drug-likeness (QED) is 0.579. The molecule has 2 fully saturated rings. The first-order chi connectivity index (χ1) is 6.31. The van der Waals surface area contributed by atoms with Gasteiger partial charge in [-0.3, -0.25) is 4.79 Å². The number of hydrogen-bond acceptors (Lipinski definition) is 2. The van der Waals surface area contributed by atoms with E-state index in [0.29, 0.717) is 18.6 Å². The molecule has 2 aliphatic rings. The van der Waals surface area contributed by atoms with E-state index in [0.717, 1.165) is 12.8 Å². The van der Waals surface area contributed by atoms with E-state index in [1.165, 1.54) is 6.42 Å². The van der Waals surface area contributed by atoms with Crippen molar-refractivity contribution in [3.05, 3.63) is 0 Å². The van der Waals surface area contributed by atoms with Crippen LogP contribution >= 0.6 is 0 Å². The Morgan fingerprint density at radius 2 is 2.46 bits per heavy atom. The van der Waals surface area contributed by atoms with Crippen LogP contribution in [0.5, 0.6) is 0 Å². The van der Waals surface area contributed by atoms with E-state index in [1.54, 1.807) is 0 Å². The summed E-state index contributed by atoms with van der Waals surface area (Å²) in [6, 6.07) is 0.981. The van der Waals surface area contributed by atoms with Crippen LogP contribution in [0, 0.1) is 18.3 Å². The summed E-state index contributed by atoms with van der Waals surface area (Å²) in [5, 5.41) is 6.17. The van der Waals surface area contributed by atoms with Gasteiger partial charge in [0.05, 0.1) is 12.5 Å². The summed E-state index contributed by atoms with van der Waals surface area (Å²) in [6.45, 7) is 0.354. The number of terminal acetylenes is 1. The highest BCUT2D eigenvalue weighted by Crippen LogP contribution is 2.33. The summed E-state index contributed by atoms with van der Waals surface area (Å²) in [5.41, 5.74) is 0. The van der Waals surface area contributed by atoms with Crippen LogP contribution in [0.4, 0.5) is 0 Å². The molecule has 0 spiro atoms. The van der Waals surface area contributed by atoms with Gasteiger partial charge in [-0.1, -0.05) is 5.92 Å². The van der Waals surface area contributed by atoms with Crippen LogP contribution < -0.4 is 10.6 Å². The van der Waals surface area contributed by atoms with E-state index < -0.39 is 0 Å². The van der Waals surface area contributed by atoms with Gasteiger partial charge in [0.1, 0.15) is 0 Å². The monoisotopic (exact) mass is 178 g/mol. The molecular weight excluding hydrogens is 164 g/mol. The second-order valence-corrected chi connectivity index (χ2v) is 3.81. The van der Waals surface area contributed by atoms with Crippen molar-refractivity contribution in [2.75, 3.05) is 6.54 Å². The van der Waals surface area contributed by atoms with Crippen LogP contribution in [-0.4, -0.2) is 24.5 Å². The van der Waals surface area contributed by atoms with Gasteiger partial charge in [-0.2, -0.15) is 0 Å². The molecule has 0 radical (unpaired) electrons. The van der Waals surface area contributed by atoms with Gasteiger partial charge in [-0.25, -0.2) is 0 Å². The van der Waals surface area contributed by atoms with Gasteiger partial charge >= 0.3 is 0 Å². The molecular formula is C10H14N2O. The van der Waals surface area contributed by atoms with Crippen molar-refractivity contribution in [1.29, 1.82) is 0 Å². The van der Waals surface area contributed by atoms with Gasteiger partial charge < -0.3 is 10.6 Å². The minimum atomic E-state index is 0.123. The number of carbonyl (C=O) groups excluding carboxylic acids is 1. The second-order valence-electron chi connectivity index (χ2n) is 3.81. The smallest absolute Gasteiger partial charge is 0.225 e. The van der Waals surface area contributed by atoms with Crippen molar-refractivity contribution >= 4 is 5.91 Å². The molecule has 2 bridgehead atoms. The Kier molecular flexibility index (Phi) is 2.24. The fourth-order valence-electron chi connectivity index (χ4n) is 2.38. The lowest BCUT2D eigenvalue weighted by Gasteiger charge is -2.18. The molecule has 0 aromatic carbocycles. The molecule has 0 saturated carbocycles. The van der Waals surface area contributed by atoms with Crippen LogP contribution in [0.3, 0.4) is 0 Å². The van der Waals surface area contributed by atoms with Crippen LogP contribution in [-0.2, 0) is 4.79 Å². The molecule has 0 aromatic rings. The standard InChI is InChI=1S/C10H14N2O/c1-2-5-11-10(13)8-6-7-3-4-9(8)12-7/h1,7-9,12H,3-6H2,(H,11,13). The molecule has 2 N–H and O–H groups in total. The first-order valence-electron chi connectivity index (χ1n) is 4.78. The van der Waals surface area contributed by atoms with Crippen molar-refractivity contribution in [3.63, 3.8) is 0 Å². The minimum absolute atomic E-state index is 0.123. The number of hydrogen-bond donors (Lipinski definition) is 2. The van der Waals surface area contributed by atoms with Crippen molar-refractivity contribution in [2.24, 2.45) is 5.92 Å². The highest BCUT2D eigenvalue weighted by atomic mass is 16.1. The molecule has 3 unspecified atom stereocenters. The van der Waals surface area contributed by atoms with Gasteiger partial charge in [-0.15, -0.1) is 6.42 Å². The van der Waals surface area contributed by atoms with E-state index >= 15 is 0 Å². The number of nitrogens with one attached hydrogen (secondary N) is 2. The predicted molar refractivity (Wildman–Crippen MR) is 49.9 cm³/mol. The second kappa shape index (κ2) is 3.39. The van der Waals surface area contributed by atoms with Crippen LogP contribution in [0.2, 0.25) is 0 Å². The molecule has 70 valence electrons. The molecule has 3 nitrogen and oxygen atoms in total. The Bertz CT molecular complexity index is 256. The maximum absolute atomic E-state index is 11.5. The zero-order valence-electron chi connectivity index (χ0n) is 7.55. The van der Waals surface area contributed by atoms with E-state index in [1.807, 2.05) is 0 Å². The number of amides is 1. The highest BCUT2D eigenvalue weighted by molar-refractivity contribution is 5.80. The normalized spacial score (nSPS) is 35.8. The Morgan fingerprint density at radius 3 is 3.00 bits per heavy atom. The molecule has 3 atom stereocenters. The first-order valence-corrected chi connectivity index (χ1v) is 4.78.